The maximum Gasteiger partial charge on any atom is 0.253 e. The number of nitrogens with zero attached hydrogens (tertiary/aromatic N) is 3. The standard InChI is InChI=1S/C25H25N5O4S/c31-24(27-20-9-2-1-8-19(20)25(32)26-14-18-7-4-12-33-18)17-6-3-11-30(15-17)16-22-28-23(29-34-22)21-10-5-13-35-21/h1-2,4-5,7-10,12-13,17H,3,6,11,14-16H2,(H,26,32)(H,27,31). The molecule has 180 valence electrons. The average molecular weight is 492 g/mol. The van der Waals surface area contributed by atoms with Crippen molar-refractivity contribution in [1.82, 2.24) is 20.4 Å². The molecule has 1 saturated heterocycles. The van der Waals surface area contributed by atoms with E-state index in [0.717, 1.165) is 24.3 Å². The van der Waals surface area contributed by atoms with Crippen LogP contribution in [-0.4, -0.2) is 39.9 Å². The van der Waals surface area contributed by atoms with Crippen LogP contribution >= 0.6 is 11.3 Å². The number of piperidine rings is 1. The Morgan fingerprint density at radius 1 is 1.14 bits per heavy atom. The minimum absolute atomic E-state index is 0.106. The molecule has 0 bridgehead atoms. The summed E-state index contributed by atoms with van der Waals surface area (Å²) in [5.41, 5.74) is 0.899. The summed E-state index contributed by atoms with van der Waals surface area (Å²) in [6.07, 6.45) is 3.22. The Hall–Kier alpha value is -3.76. The van der Waals surface area contributed by atoms with Gasteiger partial charge in [-0.15, -0.1) is 11.3 Å². The zero-order chi connectivity index (χ0) is 24.0. The van der Waals surface area contributed by atoms with Crippen molar-refractivity contribution in [2.24, 2.45) is 5.92 Å². The molecule has 0 radical (unpaired) electrons. The number of amides is 2. The van der Waals surface area contributed by atoms with Gasteiger partial charge in [-0.25, -0.2) is 0 Å². The minimum Gasteiger partial charge on any atom is -0.467 e. The van der Waals surface area contributed by atoms with Crippen LogP contribution in [0.4, 0.5) is 5.69 Å². The topological polar surface area (TPSA) is 114 Å². The van der Waals surface area contributed by atoms with E-state index in [1.807, 2.05) is 17.5 Å². The van der Waals surface area contributed by atoms with Gasteiger partial charge in [0.05, 0.1) is 41.4 Å². The van der Waals surface area contributed by atoms with Crippen molar-refractivity contribution in [2.75, 3.05) is 18.4 Å². The normalized spacial score (nSPS) is 16.2. The largest absolute Gasteiger partial charge is 0.467 e. The lowest BCUT2D eigenvalue weighted by molar-refractivity contribution is -0.121. The van der Waals surface area contributed by atoms with Gasteiger partial charge in [0, 0.05) is 6.54 Å². The summed E-state index contributed by atoms with van der Waals surface area (Å²) in [5, 5.41) is 11.8. The number of thiophene rings is 1. The number of para-hydroxylation sites is 1. The molecule has 1 unspecified atom stereocenters. The van der Waals surface area contributed by atoms with Crippen LogP contribution in [0.15, 0.2) is 69.1 Å². The molecule has 5 rings (SSSR count). The number of carbonyl (C=O) groups excluding carboxylic acids is 2. The SMILES string of the molecule is O=C(NCc1ccco1)c1ccccc1NC(=O)C1CCCN(Cc2nc(-c3cccs3)no2)C1. The second kappa shape index (κ2) is 10.7. The lowest BCUT2D eigenvalue weighted by Crippen LogP contribution is -2.40. The minimum atomic E-state index is -0.277. The van der Waals surface area contributed by atoms with E-state index in [0.29, 0.717) is 41.8 Å². The summed E-state index contributed by atoms with van der Waals surface area (Å²) in [6.45, 7) is 2.20. The molecule has 0 saturated carbocycles. The fourth-order valence-electron chi connectivity index (χ4n) is 4.13. The fraction of sp³-hybridized carbons (Fsp3) is 0.280. The van der Waals surface area contributed by atoms with E-state index in [1.165, 1.54) is 0 Å². The Morgan fingerprint density at radius 2 is 2.06 bits per heavy atom. The van der Waals surface area contributed by atoms with Crippen LogP contribution in [0, 0.1) is 5.92 Å². The first-order chi connectivity index (χ1) is 17.2. The summed E-state index contributed by atoms with van der Waals surface area (Å²) in [4.78, 5) is 33.4. The number of aromatic nitrogens is 2. The molecule has 2 N–H and O–H groups in total. The average Bonchev–Trinajstić information content (AvgIpc) is 3.66. The molecule has 2 amide bonds. The van der Waals surface area contributed by atoms with Gasteiger partial charge in [-0.3, -0.25) is 14.5 Å². The summed E-state index contributed by atoms with van der Waals surface area (Å²) in [6, 6.07) is 14.5. The van der Waals surface area contributed by atoms with E-state index in [1.54, 1.807) is 54.0 Å². The van der Waals surface area contributed by atoms with Gasteiger partial charge < -0.3 is 19.6 Å². The van der Waals surface area contributed by atoms with Gasteiger partial charge in [0.1, 0.15) is 5.76 Å². The predicted molar refractivity (Wildman–Crippen MR) is 131 cm³/mol. The summed E-state index contributed by atoms with van der Waals surface area (Å²) in [5.74, 6) is 1.19. The Labute approximate surface area is 206 Å². The van der Waals surface area contributed by atoms with Gasteiger partial charge in [0.25, 0.3) is 5.91 Å². The van der Waals surface area contributed by atoms with Crippen molar-refractivity contribution >= 4 is 28.8 Å². The highest BCUT2D eigenvalue weighted by molar-refractivity contribution is 7.13. The molecule has 1 aliphatic rings. The van der Waals surface area contributed by atoms with Gasteiger partial charge >= 0.3 is 0 Å². The van der Waals surface area contributed by atoms with Crippen molar-refractivity contribution in [1.29, 1.82) is 0 Å². The second-order valence-electron chi connectivity index (χ2n) is 8.36. The zero-order valence-electron chi connectivity index (χ0n) is 19.0. The molecule has 1 aliphatic heterocycles. The first kappa shape index (κ1) is 23.0. The van der Waals surface area contributed by atoms with Gasteiger partial charge in [-0.2, -0.15) is 4.98 Å². The molecule has 3 aromatic heterocycles. The number of anilines is 1. The van der Waals surface area contributed by atoms with Crippen LogP contribution in [-0.2, 0) is 17.9 Å². The third kappa shape index (κ3) is 5.67. The Balaban J connectivity index is 1.19. The molecule has 4 aromatic rings. The van der Waals surface area contributed by atoms with Crippen molar-refractivity contribution in [2.45, 2.75) is 25.9 Å². The van der Waals surface area contributed by atoms with Crippen molar-refractivity contribution in [3.8, 4) is 10.7 Å². The van der Waals surface area contributed by atoms with Crippen LogP contribution in [0.2, 0.25) is 0 Å². The second-order valence-corrected chi connectivity index (χ2v) is 9.31. The lowest BCUT2D eigenvalue weighted by Gasteiger charge is -2.31. The predicted octanol–water partition coefficient (Wildman–Crippen LogP) is 4.17. The third-order valence-electron chi connectivity index (χ3n) is 5.88. The lowest BCUT2D eigenvalue weighted by atomic mass is 9.96. The number of nitrogens with one attached hydrogen (secondary N) is 2. The van der Waals surface area contributed by atoms with E-state index < -0.39 is 0 Å². The molecule has 10 heteroatoms. The number of benzene rings is 1. The molecule has 1 aromatic carbocycles. The zero-order valence-corrected chi connectivity index (χ0v) is 19.8. The first-order valence-corrected chi connectivity index (χ1v) is 12.3. The maximum atomic E-state index is 13.1. The number of rotatable bonds is 8. The van der Waals surface area contributed by atoms with Gasteiger partial charge in [-0.05, 0) is 55.1 Å². The van der Waals surface area contributed by atoms with Gasteiger partial charge in [0.15, 0.2) is 0 Å². The Morgan fingerprint density at radius 3 is 2.89 bits per heavy atom. The fourth-order valence-corrected chi connectivity index (χ4v) is 4.78. The molecule has 1 atom stereocenters. The van der Waals surface area contributed by atoms with E-state index in [2.05, 4.69) is 25.7 Å². The first-order valence-electron chi connectivity index (χ1n) is 11.4. The van der Waals surface area contributed by atoms with E-state index in [4.69, 9.17) is 8.94 Å². The number of likely N-dealkylation sites (tertiary alicyclic amines) is 1. The maximum absolute atomic E-state index is 13.1. The highest BCUT2D eigenvalue weighted by Gasteiger charge is 2.28. The number of hydrogen-bond acceptors (Lipinski definition) is 8. The van der Waals surface area contributed by atoms with E-state index in [9.17, 15) is 9.59 Å². The molecule has 1 fully saturated rings. The Bertz CT molecular complexity index is 1270. The summed E-state index contributed by atoms with van der Waals surface area (Å²) < 4.78 is 10.7. The molecule has 0 aliphatic carbocycles. The number of hydrogen-bond donors (Lipinski definition) is 2. The monoisotopic (exact) mass is 491 g/mol. The molecule has 0 spiro atoms. The molecule has 4 heterocycles. The Kier molecular flexibility index (Phi) is 7.01. The molecule has 9 nitrogen and oxygen atoms in total. The van der Waals surface area contributed by atoms with Crippen LogP contribution in [0.25, 0.3) is 10.7 Å². The van der Waals surface area contributed by atoms with Crippen molar-refractivity contribution in [3.63, 3.8) is 0 Å². The van der Waals surface area contributed by atoms with Gasteiger partial charge in [0.2, 0.25) is 17.6 Å². The van der Waals surface area contributed by atoms with Gasteiger partial charge in [-0.1, -0.05) is 23.4 Å². The van der Waals surface area contributed by atoms with Crippen LogP contribution in [0.3, 0.4) is 0 Å². The highest BCUT2D eigenvalue weighted by Crippen LogP contribution is 2.24. The summed E-state index contributed by atoms with van der Waals surface area (Å²) >= 11 is 1.56. The smallest absolute Gasteiger partial charge is 0.253 e. The van der Waals surface area contributed by atoms with Crippen molar-refractivity contribution in [3.05, 3.63) is 77.4 Å². The van der Waals surface area contributed by atoms with E-state index >= 15 is 0 Å². The number of carbonyl (C=O) groups is 2. The quantitative estimate of drug-likeness (QED) is 0.380. The molecule has 35 heavy (non-hydrogen) atoms. The highest BCUT2D eigenvalue weighted by atomic mass is 32.1. The molecular formula is C25H25N5O4S. The summed E-state index contributed by atoms with van der Waals surface area (Å²) in [7, 11) is 0. The number of furan rings is 1. The molecular weight excluding hydrogens is 466 g/mol. The van der Waals surface area contributed by atoms with E-state index in [-0.39, 0.29) is 24.3 Å². The van der Waals surface area contributed by atoms with Crippen LogP contribution in [0.5, 0.6) is 0 Å². The van der Waals surface area contributed by atoms with Crippen LogP contribution in [0.1, 0.15) is 34.9 Å². The third-order valence-corrected chi connectivity index (χ3v) is 6.74. The van der Waals surface area contributed by atoms with Crippen molar-refractivity contribution < 1.29 is 18.5 Å². The van der Waals surface area contributed by atoms with Crippen LogP contribution < -0.4 is 10.6 Å².